The highest BCUT2D eigenvalue weighted by molar-refractivity contribution is 9.10. The van der Waals surface area contributed by atoms with Gasteiger partial charge in [0.05, 0.1) is 4.47 Å². The van der Waals surface area contributed by atoms with Crippen LogP contribution in [0.25, 0.3) is 0 Å². The number of nitrogens with zero attached hydrogens (tertiary/aromatic N) is 2. The van der Waals surface area contributed by atoms with Gasteiger partial charge in [-0.1, -0.05) is 41.6 Å². The number of aromatic nitrogens is 2. The number of benzene rings is 1. The molecule has 0 aliphatic carbocycles. The molecule has 1 aromatic carbocycles. The minimum atomic E-state index is 0.434. The SMILES string of the molecule is Clc1ncnc(Sc2ccccc2)c1Br. The van der Waals surface area contributed by atoms with Gasteiger partial charge in [-0.25, -0.2) is 9.97 Å². The van der Waals surface area contributed by atoms with Crippen molar-refractivity contribution in [2.24, 2.45) is 0 Å². The summed E-state index contributed by atoms with van der Waals surface area (Å²) in [6, 6.07) is 9.99. The molecule has 0 unspecified atom stereocenters. The molecule has 0 saturated heterocycles. The van der Waals surface area contributed by atoms with Crippen LogP contribution in [0.15, 0.2) is 51.1 Å². The molecule has 0 fully saturated rings. The summed E-state index contributed by atoms with van der Waals surface area (Å²) in [5.74, 6) is 0. The highest BCUT2D eigenvalue weighted by atomic mass is 79.9. The molecule has 0 spiro atoms. The van der Waals surface area contributed by atoms with Crippen LogP contribution in [0.2, 0.25) is 5.15 Å². The molecule has 76 valence electrons. The van der Waals surface area contributed by atoms with E-state index in [0.29, 0.717) is 5.15 Å². The van der Waals surface area contributed by atoms with E-state index in [-0.39, 0.29) is 0 Å². The summed E-state index contributed by atoms with van der Waals surface area (Å²) in [4.78, 5) is 9.15. The average molecular weight is 302 g/mol. The Morgan fingerprint density at radius 2 is 1.87 bits per heavy atom. The fraction of sp³-hybridized carbons (Fsp3) is 0. The minimum absolute atomic E-state index is 0.434. The van der Waals surface area contributed by atoms with Gasteiger partial charge in [-0.2, -0.15) is 0 Å². The highest BCUT2D eigenvalue weighted by Gasteiger charge is 2.07. The molecule has 0 aliphatic heterocycles. The van der Waals surface area contributed by atoms with Crippen LogP contribution in [0.4, 0.5) is 0 Å². The topological polar surface area (TPSA) is 25.8 Å². The molecule has 1 heterocycles. The second-order valence-electron chi connectivity index (χ2n) is 2.70. The smallest absolute Gasteiger partial charge is 0.147 e. The lowest BCUT2D eigenvalue weighted by Gasteiger charge is -2.03. The Balaban J connectivity index is 2.29. The van der Waals surface area contributed by atoms with E-state index in [1.165, 1.54) is 6.33 Å². The zero-order chi connectivity index (χ0) is 10.7. The first-order valence-electron chi connectivity index (χ1n) is 4.16. The quantitative estimate of drug-likeness (QED) is 0.783. The summed E-state index contributed by atoms with van der Waals surface area (Å²) < 4.78 is 0.737. The normalized spacial score (nSPS) is 10.3. The maximum absolute atomic E-state index is 5.87. The van der Waals surface area contributed by atoms with E-state index < -0.39 is 0 Å². The second kappa shape index (κ2) is 4.96. The van der Waals surface area contributed by atoms with Crippen molar-refractivity contribution < 1.29 is 0 Å². The first-order valence-corrected chi connectivity index (χ1v) is 6.15. The summed E-state index contributed by atoms with van der Waals surface area (Å²) in [5, 5.41) is 1.25. The van der Waals surface area contributed by atoms with Crippen molar-refractivity contribution in [2.75, 3.05) is 0 Å². The lowest BCUT2D eigenvalue weighted by Crippen LogP contribution is -1.85. The van der Waals surface area contributed by atoms with Gasteiger partial charge in [-0.15, -0.1) is 0 Å². The summed E-state index contributed by atoms with van der Waals surface area (Å²) in [5.41, 5.74) is 0. The monoisotopic (exact) mass is 300 g/mol. The Bertz CT molecular complexity index is 464. The number of halogens is 2. The zero-order valence-corrected chi connectivity index (χ0v) is 10.7. The van der Waals surface area contributed by atoms with Crippen LogP contribution in [0.3, 0.4) is 0 Å². The van der Waals surface area contributed by atoms with Crippen molar-refractivity contribution in [3.63, 3.8) is 0 Å². The predicted molar refractivity (Wildman–Crippen MR) is 65.3 cm³/mol. The highest BCUT2D eigenvalue weighted by Crippen LogP contribution is 2.34. The van der Waals surface area contributed by atoms with Crippen LogP contribution in [-0.2, 0) is 0 Å². The van der Waals surface area contributed by atoms with Gasteiger partial charge in [-0.3, -0.25) is 0 Å². The molecule has 2 nitrogen and oxygen atoms in total. The fourth-order valence-corrected chi connectivity index (χ4v) is 2.44. The van der Waals surface area contributed by atoms with Crippen molar-refractivity contribution in [1.82, 2.24) is 9.97 Å². The molecule has 0 aliphatic rings. The third-order valence-corrected chi connectivity index (χ3v) is 4.21. The summed E-state index contributed by atoms with van der Waals surface area (Å²) in [6.07, 6.45) is 1.46. The van der Waals surface area contributed by atoms with Gasteiger partial charge >= 0.3 is 0 Å². The van der Waals surface area contributed by atoms with E-state index in [1.54, 1.807) is 11.8 Å². The Kier molecular flexibility index (Phi) is 3.61. The number of rotatable bonds is 2. The van der Waals surface area contributed by atoms with E-state index in [9.17, 15) is 0 Å². The van der Waals surface area contributed by atoms with Crippen LogP contribution in [0, 0.1) is 0 Å². The van der Waals surface area contributed by atoms with E-state index in [0.717, 1.165) is 14.4 Å². The molecule has 1 aromatic heterocycles. The van der Waals surface area contributed by atoms with Crippen molar-refractivity contribution in [1.29, 1.82) is 0 Å². The molecule has 0 amide bonds. The van der Waals surface area contributed by atoms with Crippen LogP contribution in [0.5, 0.6) is 0 Å². The maximum Gasteiger partial charge on any atom is 0.147 e. The third-order valence-electron chi connectivity index (χ3n) is 1.67. The second-order valence-corrected chi connectivity index (χ2v) is 4.91. The van der Waals surface area contributed by atoms with Gasteiger partial charge in [0.2, 0.25) is 0 Å². The predicted octanol–water partition coefficient (Wildman–Crippen LogP) is 4.04. The summed E-state index contributed by atoms with van der Waals surface area (Å²) >= 11 is 10.8. The molecule has 0 atom stereocenters. The molecule has 15 heavy (non-hydrogen) atoms. The largest absolute Gasteiger partial charge is 0.228 e. The van der Waals surface area contributed by atoms with E-state index in [2.05, 4.69) is 25.9 Å². The molecular formula is C10H6BrClN2S. The lowest BCUT2D eigenvalue weighted by atomic mass is 10.4. The van der Waals surface area contributed by atoms with Gasteiger partial charge in [0.25, 0.3) is 0 Å². The van der Waals surface area contributed by atoms with E-state index in [4.69, 9.17) is 11.6 Å². The van der Waals surface area contributed by atoms with Gasteiger partial charge in [0.15, 0.2) is 0 Å². The third kappa shape index (κ3) is 2.71. The molecule has 0 radical (unpaired) electrons. The van der Waals surface area contributed by atoms with Crippen LogP contribution >= 0.6 is 39.3 Å². The zero-order valence-electron chi connectivity index (χ0n) is 7.52. The van der Waals surface area contributed by atoms with Gasteiger partial charge < -0.3 is 0 Å². The van der Waals surface area contributed by atoms with Crippen molar-refractivity contribution in [3.05, 3.63) is 46.3 Å². The Hall–Kier alpha value is -0.580. The Morgan fingerprint density at radius 3 is 2.60 bits per heavy atom. The van der Waals surface area contributed by atoms with Crippen molar-refractivity contribution >= 4 is 39.3 Å². The minimum Gasteiger partial charge on any atom is -0.228 e. The molecule has 0 bridgehead atoms. The van der Waals surface area contributed by atoms with Crippen LogP contribution in [-0.4, -0.2) is 9.97 Å². The number of hydrogen-bond acceptors (Lipinski definition) is 3. The summed E-state index contributed by atoms with van der Waals surface area (Å²) in [6.45, 7) is 0. The van der Waals surface area contributed by atoms with Gasteiger partial charge in [-0.05, 0) is 28.1 Å². The standard InChI is InChI=1S/C10H6BrClN2S/c11-8-9(12)13-6-14-10(8)15-7-4-2-1-3-5-7/h1-6H. The van der Waals surface area contributed by atoms with Gasteiger partial charge in [0, 0.05) is 4.90 Å². The Morgan fingerprint density at radius 1 is 1.13 bits per heavy atom. The van der Waals surface area contributed by atoms with Gasteiger partial charge in [0.1, 0.15) is 16.5 Å². The van der Waals surface area contributed by atoms with Crippen LogP contribution < -0.4 is 0 Å². The van der Waals surface area contributed by atoms with Crippen LogP contribution in [0.1, 0.15) is 0 Å². The first kappa shape index (κ1) is 10.9. The Labute approximate surface area is 105 Å². The lowest BCUT2D eigenvalue weighted by molar-refractivity contribution is 1.03. The summed E-state index contributed by atoms with van der Waals surface area (Å²) in [7, 11) is 0. The van der Waals surface area contributed by atoms with E-state index in [1.807, 2.05) is 30.3 Å². The molecule has 2 rings (SSSR count). The number of hydrogen-bond donors (Lipinski definition) is 0. The van der Waals surface area contributed by atoms with Crippen molar-refractivity contribution in [3.8, 4) is 0 Å². The fourth-order valence-electron chi connectivity index (χ4n) is 1.00. The molecule has 0 N–H and O–H groups in total. The first-order chi connectivity index (χ1) is 7.27. The molecule has 2 aromatic rings. The average Bonchev–Trinajstić information content (AvgIpc) is 2.26. The van der Waals surface area contributed by atoms with Crippen molar-refractivity contribution in [2.45, 2.75) is 9.92 Å². The molecular weight excluding hydrogens is 296 g/mol. The molecule has 5 heteroatoms. The molecule has 0 saturated carbocycles. The maximum atomic E-state index is 5.87. The van der Waals surface area contributed by atoms with E-state index >= 15 is 0 Å².